The maximum atomic E-state index is 12.2. The van der Waals surface area contributed by atoms with Gasteiger partial charge in [0.2, 0.25) is 15.9 Å². The maximum Gasteiger partial charge on any atom is 0.241 e. The SMILES string of the molecule is CNC(=O)C(CC(C)C)NS(=O)(=O)c1ccc(Cl)cc1. The molecule has 0 aromatic heterocycles. The van der Waals surface area contributed by atoms with Gasteiger partial charge in [-0.3, -0.25) is 4.79 Å². The van der Waals surface area contributed by atoms with E-state index < -0.39 is 16.1 Å². The number of sulfonamides is 1. The van der Waals surface area contributed by atoms with Crippen LogP contribution in [0.2, 0.25) is 5.02 Å². The lowest BCUT2D eigenvalue weighted by Crippen LogP contribution is -2.46. The molecular formula is C13H19ClN2O3S. The summed E-state index contributed by atoms with van der Waals surface area (Å²) >= 11 is 5.73. The number of carbonyl (C=O) groups is 1. The first kappa shape index (κ1) is 16.9. The fourth-order valence-corrected chi connectivity index (χ4v) is 3.06. The summed E-state index contributed by atoms with van der Waals surface area (Å²) in [7, 11) is -2.27. The van der Waals surface area contributed by atoms with Crippen LogP contribution in [0.25, 0.3) is 0 Å². The van der Waals surface area contributed by atoms with E-state index in [2.05, 4.69) is 10.0 Å². The fraction of sp³-hybridized carbons (Fsp3) is 0.462. The molecule has 1 amide bonds. The van der Waals surface area contributed by atoms with Gasteiger partial charge in [-0.2, -0.15) is 4.72 Å². The summed E-state index contributed by atoms with van der Waals surface area (Å²) in [5.74, 6) is -0.165. The highest BCUT2D eigenvalue weighted by atomic mass is 35.5. The zero-order valence-electron chi connectivity index (χ0n) is 11.7. The molecule has 0 saturated carbocycles. The van der Waals surface area contributed by atoms with Crippen molar-refractivity contribution in [2.24, 2.45) is 5.92 Å². The predicted octanol–water partition coefficient (Wildman–Crippen LogP) is 1.78. The summed E-state index contributed by atoms with van der Waals surface area (Å²) in [4.78, 5) is 11.8. The van der Waals surface area contributed by atoms with Crippen LogP contribution in [0.5, 0.6) is 0 Å². The normalized spacial score (nSPS) is 13.2. The molecule has 5 nitrogen and oxygen atoms in total. The van der Waals surface area contributed by atoms with Gasteiger partial charge in [0.05, 0.1) is 4.90 Å². The minimum absolute atomic E-state index is 0.0829. The van der Waals surface area contributed by atoms with E-state index >= 15 is 0 Å². The highest BCUT2D eigenvalue weighted by Gasteiger charge is 2.25. The summed E-state index contributed by atoms with van der Waals surface area (Å²) in [6.07, 6.45) is 0.423. The van der Waals surface area contributed by atoms with E-state index in [0.717, 1.165) is 0 Å². The number of likely N-dealkylation sites (N-methyl/N-ethyl adjacent to an activating group) is 1. The molecule has 0 saturated heterocycles. The van der Waals surface area contributed by atoms with Crippen LogP contribution in [0.1, 0.15) is 20.3 Å². The average molecular weight is 319 g/mol. The number of rotatable bonds is 6. The number of halogens is 1. The first-order chi connectivity index (χ1) is 9.26. The Kier molecular flexibility index (Phi) is 5.98. The Morgan fingerprint density at radius 3 is 2.25 bits per heavy atom. The molecule has 20 heavy (non-hydrogen) atoms. The van der Waals surface area contributed by atoms with E-state index in [1.54, 1.807) is 0 Å². The van der Waals surface area contributed by atoms with Gasteiger partial charge in [-0.05, 0) is 36.6 Å². The maximum absolute atomic E-state index is 12.2. The van der Waals surface area contributed by atoms with Crippen LogP contribution in [0.4, 0.5) is 0 Å². The highest BCUT2D eigenvalue weighted by Crippen LogP contribution is 2.15. The number of nitrogens with one attached hydrogen (secondary N) is 2. The second-order valence-corrected chi connectivity index (χ2v) is 7.02. The molecule has 112 valence electrons. The van der Waals surface area contributed by atoms with E-state index in [1.807, 2.05) is 13.8 Å². The number of carbonyl (C=O) groups excluding carboxylic acids is 1. The minimum Gasteiger partial charge on any atom is -0.358 e. The lowest BCUT2D eigenvalue weighted by molar-refractivity contribution is -0.122. The van der Waals surface area contributed by atoms with Gasteiger partial charge in [0, 0.05) is 12.1 Å². The van der Waals surface area contributed by atoms with E-state index in [0.29, 0.717) is 11.4 Å². The molecule has 0 spiro atoms. The van der Waals surface area contributed by atoms with Gasteiger partial charge in [0.25, 0.3) is 0 Å². The first-order valence-corrected chi connectivity index (χ1v) is 8.12. The largest absolute Gasteiger partial charge is 0.358 e. The number of benzene rings is 1. The average Bonchev–Trinajstić information content (AvgIpc) is 2.36. The Balaban J connectivity index is 2.96. The molecule has 1 unspecified atom stereocenters. The van der Waals surface area contributed by atoms with Crippen molar-refractivity contribution >= 4 is 27.5 Å². The molecular weight excluding hydrogens is 300 g/mol. The molecule has 0 bridgehead atoms. The van der Waals surface area contributed by atoms with Crippen LogP contribution in [0.3, 0.4) is 0 Å². The lowest BCUT2D eigenvalue weighted by Gasteiger charge is -2.19. The highest BCUT2D eigenvalue weighted by molar-refractivity contribution is 7.89. The van der Waals surface area contributed by atoms with Gasteiger partial charge in [-0.1, -0.05) is 25.4 Å². The predicted molar refractivity (Wildman–Crippen MR) is 79.1 cm³/mol. The molecule has 2 N–H and O–H groups in total. The third kappa shape index (κ3) is 4.77. The quantitative estimate of drug-likeness (QED) is 0.839. The van der Waals surface area contributed by atoms with Crippen LogP contribution >= 0.6 is 11.6 Å². The van der Waals surface area contributed by atoms with Gasteiger partial charge in [-0.15, -0.1) is 0 Å². The van der Waals surface area contributed by atoms with Gasteiger partial charge >= 0.3 is 0 Å². The number of amides is 1. The summed E-state index contributed by atoms with van der Waals surface area (Å²) in [6.45, 7) is 3.85. The van der Waals surface area contributed by atoms with Crippen molar-refractivity contribution in [3.05, 3.63) is 29.3 Å². The van der Waals surface area contributed by atoms with Crippen molar-refractivity contribution in [1.82, 2.24) is 10.0 Å². The standard InChI is InChI=1S/C13H19ClN2O3S/c1-9(2)8-12(13(17)15-3)16-20(18,19)11-6-4-10(14)5-7-11/h4-7,9,12,16H,8H2,1-3H3,(H,15,17). The number of hydrogen-bond donors (Lipinski definition) is 2. The van der Waals surface area contributed by atoms with Crippen molar-refractivity contribution in [3.8, 4) is 0 Å². The van der Waals surface area contributed by atoms with Gasteiger partial charge in [-0.25, -0.2) is 8.42 Å². The van der Waals surface area contributed by atoms with Crippen LogP contribution in [0.15, 0.2) is 29.2 Å². The molecule has 0 radical (unpaired) electrons. The summed E-state index contributed by atoms with van der Waals surface area (Å²) in [5.41, 5.74) is 0. The van der Waals surface area contributed by atoms with Gasteiger partial charge in [0.15, 0.2) is 0 Å². The van der Waals surface area contributed by atoms with Crippen LogP contribution in [-0.4, -0.2) is 27.4 Å². The minimum atomic E-state index is -3.75. The van der Waals surface area contributed by atoms with Crippen molar-refractivity contribution in [2.75, 3.05) is 7.05 Å². The van der Waals surface area contributed by atoms with Crippen LogP contribution in [0, 0.1) is 5.92 Å². The second kappa shape index (κ2) is 7.06. The molecule has 1 rings (SSSR count). The van der Waals surface area contributed by atoms with E-state index in [1.165, 1.54) is 31.3 Å². The van der Waals surface area contributed by atoms with Crippen LogP contribution < -0.4 is 10.0 Å². The Morgan fingerprint density at radius 2 is 1.80 bits per heavy atom. The van der Waals surface area contributed by atoms with Crippen molar-refractivity contribution < 1.29 is 13.2 Å². The summed E-state index contributed by atoms with van der Waals surface area (Å²) in [6, 6.07) is 5.00. The molecule has 0 heterocycles. The number of hydrogen-bond acceptors (Lipinski definition) is 3. The van der Waals surface area contributed by atoms with E-state index in [-0.39, 0.29) is 16.7 Å². The topological polar surface area (TPSA) is 75.3 Å². The molecule has 0 aliphatic rings. The van der Waals surface area contributed by atoms with Gasteiger partial charge < -0.3 is 5.32 Å². The second-order valence-electron chi connectivity index (χ2n) is 4.87. The molecule has 0 aliphatic carbocycles. The van der Waals surface area contributed by atoms with Crippen molar-refractivity contribution in [2.45, 2.75) is 31.2 Å². The molecule has 0 fully saturated rings. The monoisotopic (exact) mass is 318 g/mol. The Morgan fingerprint density at radius 1 is 1.25 bits per heavy atom. The third-order valence-electron chi connectivity index (χ3n) is 2.69. The van der Waals surface area contributed by atoms with E-state index in [9.17, 15) is 13.2 Å². The summed E-state index contributed by atoms with van der Waals surface area (Å²) < 4.78 is 26.9. The first-order valence-electron chi connectivity index (χ1n) is 6.25. The fourth-order valence-electron chi connectivity index (χ4n) is 1.72. The molecule has 0 aliphatic heterocycles. The van der Waals surface area contributed by atoms with Crippen molar-refractivity contribution in [1.29, 1.82) is 0 Å². The van der Waals surface area contributed by atoms with Crippen molar-refractivity contribution in [3.63, 3.8) is 0 Å². The molecule has 1 aromatic carbocycles. The lowest BCUT2D eigenvalue weighted by atomic mass is 10.0. The Hall–Kier alpha value is -1.11. The Labute approximate surface area is 124 Å². The molecule has 1 aromatic rings. The smallest absolute Gasteiger partial charge is 0.241 e. The Bertz CT molecular complexity index is 555. The zero-order valence-corrected chi connectivity index (χ0v) is 13.3. The van der Waals surface area contributed by atoms with E-state index in [4.69, 9.17) is 11.6 Å². The van der Waals surface area contributed by atoms with Gasteiger partial charge in [0.1, 0.15) is 6.04 Å². The zero-order chi connectivity index (χ0) is 15.3. The molecule has 1 atom stereocenters. The van der Waals surface area contributed by atoms with Crippen LogP contribution in [-0.2, 0) is 14.8 Å². The summed E-state index contributed by atoms with van der Waals surface area (Å²) in [5, 5.41) is 2.92. The molecule has 7 heteroatoms. The third-order valence-corrected chi connectivity index (χ3v) is 4.43.